The molecule has 18 heavy (non-hydrogen) atoms. The zero-order valence-corrected chi connectivity index (χ0v) is 11.3. The highest BCUT2D eigenvalue weighted by Crippen LogP contribution is 2.46. The first-order chi connectivity index (χ1) is 8.79. The fourth-order valence-electron chi connectivity index (χ4n) is 3.50. The number of methoxy groups -OCH3 is 1. The van der Waals surface area contributed by atoms with Gasteiger partial charge < -0.3 is 15.0 Å². The van der Waals surface area contributed by atoms with E-state index in [0.29, 0.717) is 5.41 Å². The van der Waals surface area contributed by atoms with Crippen molar-refractivity contribution in [3.63, 3.8) is 0 Å². The lowest BCUT2D eigenvalue weighted by atomic mass is 9.75. The number of nitrogens with one attached hydrogen (secondary N) is 1. The number of anilines is 1. The number of ether oxygens (including phenoxy) is 1. The van der Waals surface area contributed by atoms with Gasteiger partial charge in [-0.1, -0.05) is 6.07 Å². The van der Waals surface area contributed by atoms with Crippen LogP contribution < -0.4 is 15.0 Å². The fourth-order valence-corrected chi connectivity index (χ4v) is 3.50. The van der Waals surface area contributed by atoms with E-state index in [1.165, 1.54) is 30.6 Å². The second-order valence-electron chi connectivity index (χ2n) is 5.43. The number of piperidine rings is 1. The zero-order valence-electron chi connectivity index (χ0n) is 11.3. The zero-order chi connectivity index (χ0) is 12.6. The van der Waals surface area contributed by atoms with Gasteiger partial charge in [0.25, 0.3) is 0 Å². The summed E-state index contributed by atoms with van der Waals surface area (Å²) in [4.78, 5) is 2.50. The predicted octanol–water partition coefficient (Wildman–Crippen LogP) is 2.16. The molecule has 2 aliphatic heterocycles. The van der Waals surface area contributed by atoms with Crippen LogP contribution in [0.1, 0.15) is 25.3 Å². The normalized spacial score (nSPS) is 21.1. The van der Waals surface area contributed by atoms with E-state index >= 15 is 0 Å². The number of hydrogen-bond donors (Lipinski definition) is 1. The van der Waals surface area contributed by atoms with E-state index < -0.39 is 0 Å². The molecule has 3 heteroatoms. The molecule has 1 aromatic rings. The minimum Gasteiger partial charge on any atom is -0.497 e. The maximum Gasteiger partial charge on any atom is 0.120 e. The molecule has 2 heterocycles. The van der Waals surface area contributed by atoms with Crippen LogP contribution in [0.5, 0.6) is 5.75 Å². The van der Waals surface area contributed by atoms with E-state index in [-0.39, 0.29) is 0 Å². The molecule has 3 rings (SSSR count). The molecular weight excluding hydrogens is 224 g/mol. The summed E-state index contributed by atoms with van der Waals surface area (Å²) in [7, 11) is 1.74. The van der Waals surface area contributed by atoms with Crippen LogP contribution in [0.25, 0.3) is 0 Å². The number of benzene rings is 1. The highest BCUT2D eigenvalue weighted by atomic mass is 16.5. The lowest BCUT2D eigenvalue weighted by Crippen LogP contribution is -2.43. The van der Waals surface area contributed by atoms with Gasteiger partial charge in [-0.2, -0.15) is 0 Å². The molecule has 0 atom stereocenters. The minimum absolute atomic E-state index is 0.378. The van der Waals surface area contributed by atoms with Crippen LogP contribution in [0.3, 0.4) is 0 Å². The Balaban J connectivity index is 2.04. The predicted molar refractivity (Wildman–Crippen MR) is 74.7 cm³/mol. The summed E-state index contributed by atoms with van der Waals surface area (Å²) in [6.45, 7) is 6.78. The van der Waals surface area contributed by atoms with Crippen molar-refractivity contribution < 1.29 is 4.74 Å². The third kappa shape index (κ3) is 1.69. The smallest absolute Gasteiger partial charge is 0.120 e. The van der Waals surface area contributed by atoms with E-state index in [4.69, 9.17) is 4.74 Å². The van der Waals surface area contributed by atoms with Crippen molar-refractivity contribution >= 4 is 5.69 Å². The van der Waals surface area contributed by atoms with Gasteiger partial charge in [-0.25, -0.2) is 0 Å². The second-order valence-corrected chi connectivity index (χ2v) is 5.43. The molecule has 0 saturated carbocycles. The van der Waals surface area contributed by atoms with Crippen molar-refractivity contribution in [2.75, 3.05) is 38.2 Å². The van der Waals surface area contributed by atoms with Gasteiger partial charge in [0.1, 0.15) is 5.75 Å². The summed E-state index contributed by atoms with van der Waals surface area (Å²) in [6.07, 6.45) is 2.51. The Hall–Kier alpha value is -1.22. The van der Waals surface area contributed by atoms with E-state index in [1.807, 2.05) is 0 Å². The van der Waals surface area contributed by atoms with Crippen LogP contribution in [-0.2, 0) is 5.41 Å². The van der Waals surface area contributed by atoms with Gasteiger partial charge >= 0.3 is 0 Å². The highest BCUT2D eigenvalue weighted by Gasteiger charge is 2.42. The number of rotatable bonds is 2. The fraction of sp³-hybridized carbons (Fsp3) is 0.600. The lowest BCUT2D eigenvalue weighted by molar-refractivity contribution is 0.326. The summed E-state index contributed by atoms with van der Waals surface area (Å²) >= 11 is 0. The first kappa shape index (κ1) is 11.8. The average Bonchev–Trinajstić information content (AvgIpc) is 2.73. The van der Waals surface area contributed by atoms with Gasteiger partial charge in [-0.3, -0.25) is 0 Å². The molecule has 1 saturated heterocycles. The van der Waals surface area contributed by atoms with E-state index in [1.54, 1.807) is 7.11 Å². The molecule has 1 fully saturated rings. The molecule has 0 radical (unpaired) electrons. The van der Waals surface area contributed by atoms with Crippen molar-refractivity contribution in [1.29, 1.82) is 0 Å². The molecule has 1 aromatic carbocycles. The Morgan fingerprint density at radius 3 is 2.78 bits per heavy atom. The van der Waals surface area contributed by atoms with Crippen LogP contribution in [0, 0.1) is 0 Å². The second kappa shape index (κ2) is 4.47. The van der Waals surface area contributed by atoms with Crippen molar-refractivity contribution in [1.82, 2.24) is 5.32 Å². The van der Waals surface area contributed by atoms with Crippen molar-refractivity contribution in [3.05, 3.63) is 23.8 Å². The van der Waals surface area contributed by atoms with E-state index in [2.05, 4.69) is 35.3 Å². The van der Waals surface area contributed by atoms with Gasteiger partial charge in [0.05, 0.1) is 7.11 Å². The van der Waals surface area contributed by atoms with Gasteiger partial charge in [-0.15, -0.1) is 0 Å². The van der Waals surface area contributed by atoms with Gasteiger partial charge in [0.2, 0.25) is 0 Å². The van der Waals surface area contributed by atoms with Crippen LogP contribution in [-0.4, -0.2) is 33.3 Å². The molecule has 3 nitrogen and oxygen atoms in total. The van der Waals surface area contributed by atoms with Gasteiger partial charge in [0.15, 0.2) is 0 Å². The van der Waals surface area contributed by atoms with Crippen molar-refractivity contribution in [2.24, 2.45) is 0 Å². The Bertz CT molecular complexity index is 438. The molecule has 0 aromatic heterocycles. The molecule has 0 amide bonds. The average molecular weight is 246 g/mol. The SMILES string of the molecule is CCN1CC2(CCNCC2)c2ccc(OC)cc21. The molecule has 0 unspecified atom stereocenters. The van der Waals surface area contributed by atoms with Crippen LogP contribution in [0.4, 0.5) is 5.69 Å². The Morgan fingerprint density at radius 1 is 1.33 bits per heavy atom. The number of hydrogen-bond acceptors (Lipinski definition) is 3. The topological polar surface area (TPSA) is 24.5 Å². The maximum atomic E-state index is 5.37. The standard InChI is InChI=1S/C15H22N2O/c1-3-17-11-15(6-8-16-9-7-15)13-5-4-12(18-2)10-14(13)17/h4-5,10,16H,3,6-9,11H2,1-2H3. The minimum atomic E-state index is 0.378. The third-order valence-electron chi connectivity index (χ3n) is 4.55. The number of nitrogens with zero attached hydrogens (tertiary/aromatic N) is 1. The van der Waals surface area contributed by atoms with Crippen LogP contribution in [0.15, 0.2) is 18.2 Å². The molecule has 1 spiro atoms. The summed E-state index contributed by atoms with van der Waals surface area (Å²) in [5.41, 5.74) is 3.30. The van der Waals surface area contributed by atoms with Crippen molar-refractivity contribution in [2.45, 2.75) is 25.2 Å². The molecule has 0 aliphatic carbocycles. The number of likely N-dealkylation sites (N-methyl/N-ethyl adjacent to an activating group) is 1. The Morgan fingerprint density at radius 2 is 2.11 bits per heavy atom. The number of fused-ring (bicyclic) bond motifs is 2. The molecular formula is C15H22N2O. The highest BCUT2D eigenvalue weighted by molar-refractivity contribution is 5.65. The third-order valence-corrected chi connectivity index (χ3v) is 4.55. The van der Waals surface area contributed by atoms with E-state index in [9.17, 15) is 0 Å². The summed E-state index contributed by atoms with van der Waals surface area (Å²) in [5, 5.41) is 3.48. The Kier molecular flexibility index (Phi) is 2.94. The summed E-state index contributed by atoms with van der Waals surface area (Å²) in [5.74, 6) is 0.971. The van der Waals surface area contributed by atoms with Crippen LogP contribution in [0.2, 0.25) is 0 Å². The molecule has 2 aliphatic rings. The quantitative estimate of drug-likeness (QED) is 0.865. The first-order valence-corrected chi connectivity index (χ1v) is 6.93. The van der Waals surface area contributed by atoms with Crippen molar-refractivity contribution in [3.8, 4) is 5.75 Å². The van der Waals surface area contributed by atoms with Gasteiger partial charge in [-0.05, 0) is 44.5 Å². The van der Waals surface area contributed by atoms with Crippen LogP contribution >= 0.6 is 0 Å². The van der Waals surface area contributed by atoms with E-state index in [0.717, 1.165) is 25.4 Å². The summed E-state index contributed by atoms with van der Waals surface area (Å²) in [6, 6.07) is 6.60. The molecule has 1 N–H and O–H groups in total. The molecule has 0 bridgehead atoms. The summed E-state index contributed by atoms with van der Waals surface area (Å²) < 4.78 is 5.37. The van der Waals surface area contributed by atoms with Gasteiger partial charge in [0, 0.05) is 30.3 Å². The largest absolute Gasteiger partial charge is 0.497 e. The Labute approximate surface area is 109 Å². The molecule has 98 valence electrons. The first-order valence-electron chi connectivity index (χ1n) is 6.93. The lowest BCUT2D eigenvalue weighted by Gasteiger charge is -2.34. The maximum absolute atomic E-state index is 5.37. The monoisotopic (exact) mass is 246 g/mol.